The Hall–Kier alpha value is -1.64. The van der Waals surface area contributed by atoms with Crippen LogP contribution in [-0.4, -0.2) is 11.6 Å². The third-order valence-electron chi connectivity index (χ3n) is 4.40. The van der Waals surface area contributed by atoms with Crippen molar-refractivity contribution in [3.63, 3.8) is 0 Å². The van der Waals surface area contributed by atoms with Crippen LogP contribution in [0.4, 0.5) is 0 Å². The predicted octanol–water partition coefficient (Wildman–Crippen LogP) is 2.89. The van der Waals surface area contributed by atoms with Gasteiger partial charge in [0.1, 0.15) is 0 Å². The van der Waals surface area contributed by atoms with Crippen molar-refractivity contribution in [2.75, 3.05) is 0 Å². The van der Waals surface area contributed by atoms with Crippen LogP contribution in [-0.2, 0) is 11.2 Å². The van der Waals surface area contributed by atoms with Gasteiger partial charge < -0.3 is 0 Å². The van der Waals surface area contributed by atoms with Gasteiger partial charge in [-0.25, -0.2) is 5.43 Å². The highest BCUT2D eigenvalue weighted by atomic mass is 16.2. The molecule has 1 heterocycles. The van der Waals surface area contributed by atoms with Gasteiger partial charge in [-0.2, -0.15) is 5.10 Å². The minimum absolute atomic E-state index is 0.110. The van der Waals surface area contributed by atoms with Crippen LogP contribution in [0.25, 0.3) is 0 Å². The van der Waals surface area contributed by atoms with Gasteiger partial charge in [0.25, 0.3) is 0 Å². The summed E-state index contributed by atoms with van der Waals surface area (Å²) in [5.41, 5.74) is 6.28. The van der Waals surface area contributed by atoms with Gasteiger partial charge in [-0.1, -0.05) is 44.0 Å². The zero-order valence-electron chi connectivity index (χ0n) is 11.4. The van der Waals surface area contributed by atoms with E-state index in [0.29, 0.717) is 5.92 Å². The SMILES string of the molecule is CCc1ccc(C2=NNC(=O)[C@H]3CCCC[C@@H]23)cc1. The van der Waals surface area contributed by atoms with Gasteiger partial charge in [-0.15, -0.1) is 0 Å². The van der Waals surface area contributed by atoms with Crippen molar-refractivity contribution in [3.05, 3.63) is 35.4 Å². The molecule has 0 bridgehead atoms. The fourth-order valence-electron chi connectivity index (χ4n) is 3.24. The molecule has 0 aromatic heterocycles. The summed E-state index contributed by atoms with van der Waals surface area (Å²) in [6.45, 7) is 2.16. The number of nitrogens with zero attached hydrogens (tertiary/aromatic N) is 1. The maximum Gasteiger partial charge on any atom is 0.243 e. The molecule has 1 aliphatic heterocycles. The lowest BCUT2D eigenvalue weighted by Crippen LogP contribution is -2.43. The molecule has 1 fully saturated rings. The van der Waals surface area contributed by atoms with Crippen LogP contribution in [0.1, 0.15) is 43.7 Å². The van der Waals surface area contributed by atoms with Gasteiger partial charge in [0, 0.05) is 11.8 Å². The lowest BCUT2D eigenvalue weighted by Gasteiger charge is -2.34. The summed E-state index contributed by atoms with van der Waals surface area (Å²) in [5, 5.41) is 4.34. The van der Waals surface area contributed by atoms with E-state index in [1.54, 1.807) is 0 Å². The maximum atomic E-state index is 11.9. The molecule has 1 amide bonds. The Labute approximate surface area is 114 Å². The molecule has 2 atom stereocenters. The minimum atomic E-state index is 0.110. The number of carbonyl (C=O) groups is 1. The third-order valence-corrected chi connectivity index (χ3v) is 4.40. The second-order valence-corrected chi connectivity index (χ2v) is 5.52. The monoisotopic (exact) mass is 256 g/mol. The summed E-state index contributed by atoms with van der Waals surface area (Å²) >= 11 is 0. The van der Waals surface area contributed by atoms with Gasteiger partial charge in [0.05, 0.1) is 5.71 Å². The molecule has 3 heteroatoms. The number of rotatable bonds is 2. The third kappa shape index (κ3) is 2.29. The first-order valence-electron chi connectivity index (χ1n) is 7.26. The Morgan fingerprint density at radius 2 is 1.84 bits per heavy atom. The van der Waals surface area contributed by atoms with Crippen LogP contribution >= 0.6 is 0 Å². The number of hydrazone groups is 1. The van der Waals surface area contributed by atoms with E-state index in [4.69, 9.17) is 0 Å². The molecule has 1 N–H and O–H groups in total. The number of amides is 1. The summed E-state index contributed by atoms with van der Waals surface area (Å²) in [6, 6.07) is 8.60. The van der Waals surface area contributed by atoms with E-state index in [0.717, 1.165) is 37.0 Å². The number of hydrogen-bond acceptors (Lipinski definition) is 2. The van der Waals surface area contributed by atoms with E-state index in [1.807, 2.05) is 0 Å². The second-order valence-electron chi connectivity index (χ2n) is 5.52. The van der Waals surface area contributed by atoms with Gasteiger partial charge in [-0.05, 0) is 30.4 Å². The Balaban J connectivity index is 1.91. The van der Waals surface area contributed by atoms with Crippen LogP contribution < -0.4 is 5.43 Å². The molecule has 1 saturated carbocycles. The highest BCUT2D eigenvalue weighted by molar-refractivity contribution is 6.06. The van der Waals surface area contributed by atoms with E-state index in [-0.39, 0.29) is 11.8 Å². The molecule has 0 spiro atoms. The molecular weight excluding hydrogens is 236 g/mol. The number of fused-ring (bicyclic) bond motifs is 1. The van der Waals surface area contributed by atoms with Crippen molar-refractivity contribution in [2.24, 2.45) is 16.9 Å². The average Bonchev–Trinajstić information content (AvgIpc) is 2.48. The largest absolute Gasteiger partial charge is 0.273 e. The van der Waals surface area contributed by atoms with Crippen LogP contribution in [0.15, 0.2) is 29.4 Å². The molecule has 1 aliphatic carbocycles. The molecule has 1 aromatic rings. The molecule has 19 heavy (non-hydrogen) atoms. The first-order valence-corrected chi connectivity index (χ1v) is 7.26. The summed E-state index contributed by atoms with van der Waals surface area (Å²) in [6.07, 6.45) is 5.52. The van der Waals surface area contributed by atoms with Crippen molar-refractivity contribution in [3.8, 4) is 0 Å². The Morgan fingerprint density at radius 3 is 2.53 bits per heavy atom. The fourth-order valence-corrected chi connectivity index (χ4v) is 3.24. The number of carbonyl (C=O) groups excluding carboxylic acids is 1. The number of nitrogens with one attached hydrogen (secondary N) is 1. The molecule has 0 saturated heterocycles. The maximum absolute atomic E-state index is 11.9. The summed E-state index contributed by atoms with van der Waals surface area (Å²) in [4.78, 5) is 11.9. The predicted molar refractivity (Wildman–Crippen MR) is 75.9 cm³/mol. The van der Waals surface area contributed by atoms with Crippen molar-refractivity contribution in [1.29, 1.82) is 0 Å². The van der Waals surface area contributed by atoms with Crippen molar-refractivity contribution < 1.29 is 4.79 Å². The van der Waals surface area contributed by atoms with E-state index in [2.05, 4.69) is 41.7 Å². The van der Waals surface area contributed by atoms with Gasteiger partial charge in [0.2, 0.25) is 5.91 Å². The molecule has 1 aromatic carbocycles. The quantitative estimate of drug-likeness (QED) is 0.868. The standard InChI is InChI=1S/C16H20N2O/c1-2-11-7-9-12(10-8-11)15-13-5-3-4-6-14(13)16(19)18-17-15/h7-10,13-14H,2-6H2,1H3,(H,18,19)/t13-,14+/m1/s1. The van der Waals surface area contributed by atoms with Crippen LogP contribution in [0, 0.1) is 11.8 Å². The van der Waals surface area contributed by atoms with E-state index in [1.165, 1.54) is 12.0 Å². The van der Waals surface area contributed by atoms with E-state index >= 15 is 0 Å². The fraction of sp³-hybridized carbons (Fsp3) is 0.500. The minimum Gasteiger partial charge on any atom is -0.273 e. The first kappa shape index (κ1) is 12.4. The van der Waals surface area contributed by atoms with E-state index < -0.39 is 0 Å². The van der Waals surface area contributed by atoms with Crippen molar-refractivity contribution >= 4 is 11.6 Å². The molecule has 0 radical (unpaired) electrons. The molecule has 100 valence electrons. The summed E-state index contributed by atoms with van der Waals surface area (Å²) in [7, 11) is 0. The molecular formula is C16H20N2O. The Morgan fingerprint density at radius 1 is 1.16 bits per heavy atom. The number of benzene rings is 1. The van der Waals surface area contributed by atoms with Crippen LogP contribution in [0.5, 0.6) is 0 Å². The topological polar surface area (TPSA) is 41.5 Å². The zero-order chi connectivity index (χ0) is 13.2. The highest BCUT2D eigenvalue weighted by Crippen LogP contribution is 2.35. The van der Waals surface area contributed by atoms with Crippen molar-refractivity contribution in [1.82, 2.24) is 5.43 Å². The smallest absolute Gasteiger partial charge is 0.243 e. The Kier molecular flexibility index (Phi) is 3.36. The Bertz CT molecular complexity index is 504. The lowest BCUT2D eigenvalue weighted by molar-refractivity contribution is -0.127. The normalized spacial score (nSPS) is 26.4. The van der Waals surface area contributed by atoms with Gasteiger partial charge >= 0.3 is 0 Å². The van der Waals surface area contributed by atoms with Crippen LogP contribution in [0.2, 0.25) is 0 Å². The average molecular weight is 256 g/mol. The zero-order valence-corrected chi connectivity index (χ0v) is 11.4. The number of aryl methyl sites for hydroxylation is 1. The molecule has 2 aliphatic rings. The molecule has 0 unspecified atom stereocenters. The van der Waals surface area contributed by atoms with E-state index in [9.17, 15) is 4.79 Å². The van der Waals surface area contributed by atoms with Gasteiger partial charge in [-0.3, -0.25) is 4.79 Å². The summed E-state index contributed by atoms with van der Waals surface area (Å²) < 4.78 is 0. The first-order chi connectivity index (χ1) is 9.29. The van der Waals surface area contributed by atoms with Gasteiger partial charge in [0.15, 0.2) is 0 Å². The molecule has 3 rings (SSSR count). The highest BCUT2D eigenvalue weighted by Gasteiger charge is 2.37. The van der Waals surface area contributed by atoms with Crippen LogP contribution in [0.3, 0.4) is 0 Å². The van der Waals surface area contributed by atoms with Crippen molar-refractivity contribution in [2.45, 2.75) is 39.0 Å². The second kappa shape index (κ2) is 5.16. The molecule has 3 nitrogen and oxygen atoms in total. The lowest BCUT2D eigenvalue weighted by atomic mass is 9.74. The number of hydrogen-bond donors (Lipinski definition) is 1. The summed E-state index contributed by atoms with van der Waals surface area (Å²) in [5.74, 6) is 0.556.